The van der Waals surface area contributed by atoms with Crippen LogP contribution in [0.3, 0.4) is 0 Å². The van der Waals surface area contributed by atoms with E-state index in [4.69, 9.17) is 17.3 Å². The van der Waals surface area contributed by atoms with Gasteiger partial charge in [0.1, 0.15) is 0 Å². The van der Waals surface area contributed by atoms with Gasteiger partial charge in [0, 0.05) is 12.5 Å². The lowest BCUT2D eigenvalue weighted by atomic mass is 10.0. The molecule has 0 aliphatic rings. The molecule has 0 amide bonds. The minimum Gasteiger partial charge on any atom is -0.324 e. The summed E-state index contributed by atoms with van der Waals surface area (Å²) < 4.78 is 0. The Morgan fingerprint density at radius 2 is 2.00 bits per heavy atom. The van der Waals surface area contributed by atoms with Crippen LogP contribution in [0.1, 0.15) is 27.7 Å². The van der Waals surface area contributed by atoms with Crippen LogP contribution in [0, 0.1) is 0 Å². The summed E-state index contributed by atoms with van der Waals surface area (Å²) in [6.07, 6.45) is 0.282. The maximum Gasteiger partial charge on any atom is 0.176 e. The van der Waals surface area contributed by atoms with E-state index in [0.29, 0.717) is 9.90 Å². The Balaban J connectivity index is 2.08. The second kappa shape index (κ2) is 5.45. The summed E-state index contributed by atoms with van der Waals surface area (Å²) in [4.78, 5) is 12.6. The summed E-state index contributed by atoms with van der Waals surface area (Å²) in [5, 5.41) is 2.32. The molecule has 1 unspecified atom stereocenters. The predicted octanol–water partition coefficient (Wildman–Crippen LogP) is 3.67. The number of Topliss-reactive ketones (excluding diaryl/α,β-unsaturated/α-hetero) is 1. The van der Waals surface area contributed by atoms with Gasteiger partial charge in [-0.25, -0.2) is 0 Å². The molecule has 0 aliphatic carbocycles. The first-order valence-corrected chi connectivity index (χ1v) is 6.51. The lowest BCUT2D eigenvalue weighted by molar-refractivity contribution is 0.0978. The van der Waals surface area contributed by atoms with Crippen molar-refractivity contribution in [1.29, 1.82) is 0 Å². The number of ketones is 1. The van der Waals surface area contributed by atoms with Crippen LogP contribution in [0.4, 0.5) is 0 Å². The molecular formula is C13H12ClNOS. The molecule has 0 saturated heterocycles. The van der Waals surface area contributed by atoms with Crippen molar-refractivity contribution in [2.24, 2.45) is 5.73 Å². The molecule has 2 rings (SSSR count). The van der Waals surface area contributed by atoms with Crippen molar-refractivity contribution in [3.05, 3.63) is 57.2 Å². The molecular weight excluding hydrogens is 254 g/mol. The van der Waals surface area contributed by atoms with E-state index in [9.17, 15) is 4.79 Å². The molecule has 2 nitrogen and oxygen atoms in total. The van der Waals surface area contributed by atoms with Gasteiger partial charge in [0.15, 0.2) is 5.78 Å². The molecule has 2 aromatic rings. The van der Waals surface area contributed by atoms with Crippen molar-refractivity contribution in [2.75, 3.05) is 0 Å². The van der Waals surface area contributed by atoms with Crippen LogP contribution < -0.4 is 5.73 Å². The molecule has 0 bridgehead atoms. The van der Waals surface area contributed by atoms with Gasteiger partial charge >= 0.3 is 0 Å². The number of benzene rings is 1. The zero-order valence-electron chi connectivity index (χ0n) is 9.10. The summed E-state index contributed by atoms with van der Waals surface area (Å²) in [5.41, 5.74) is 6.96. The summed E-state index contributed by atoms with van der Waals surface area (Å²) in [5.74, 6) is 0.00125. The minimum atomic E-state index is -0.276. The SMILES string of the molecule is NC(CC(=O)c1sccc1Cl)c1ccccc1. The van der Waals surface area contributed by atoms with Crippen molar-refractivity contribution in [1.82, 2.24) is 0 Å². The first kappa shape index (κ1) is 12.3. The lowest BCUT2D eigenvalue weighted by Crippen LogP contribution is -2.15. The lowest BCUT2D eigenvalue weighted by Gasteiger charge is -2.10. The van der Waals surface area contributed by atoms with Crippen molar-refractivity contribution >= 4 is 28.7 Å². The second-order valence-corrected chi connectivity index (χ2v) is 5.07. The van der Waals surface area contributed by atoms with Crippen molar-refractivity contribution in [2.45, 2.75) is 12.5 Å². The highest BCUT2D eigenvalue weighted by Gasteiger charge is 2.16. The van der Waals surface area contributed by atoms with Crippen LogP contribution in [-0.2, 0) is 0 Å². The van der Waals surface area contributed by atoms with Crippen molar-refractivity contribution in [3.8, 4) is 0 Å². The maximum absolute atomic E-state index is 12.0. The Bertz CT molecular complexity index is 509. The number of carbonyl (C=O) groups excluding carboxylic acids is 1. The third-order valence-electron chi connectivity index (χ3n) is 2.50. The van der Waals surface area contributed by atoms with E-state index in [1.165, 1.54) is 11.3 Å². The van der Waals surface area contributed by atoms with E-state index in [0.717, 1.165) is 5.56 Å². The van der Waals surface area contributed by atoms with Crippen LogP contribution in [0.15, 0.2) is 41.8 Å². The van der Waals surface area contributed by atoms with E-state index >= 15 is 0 Å². The van der Waals surface area contributed by atoms with Gasteiger partial charge in [-0.3, -0.25) is 4.79 Å². The van der Waals surface area contributed by atoms with Gasteiger partial charge in [-0.1, -0.05) is 41.9 Å². The molecule has 1 heterocycles. The molecule has 0 saturated carbocycles. The Labute approximate surface area is 109 Å². The average Bonchev–Trinajstić information content (AvgIpc) is 2.76. The van der Waals surface area contributed by atoms with Crippen LogP contribution in [-0.4, -0.2) is 5.78 Å². The normalized spacial score (nSPS) is 12.4. The fourth-order valence-electron chi connectivity index (χ4n) is 1.60. The van der Waals surface area contributed by atoms with Crippen molar-refractivity contribution in [3.63, 3.8) is 0 Å². The van der Waals surface area contributed by atoms with Gasteiger partial charge in [0.2, 0.25) is 0 Å². The van der Waals surface area contributed by atoms with E-state index < -0.39 is 0 Å². The Kier molecular flexibility index (Phi) is 3.94. The Morgan fingerprint density at radius 3 is 2.59 bits per heavy atom. The van der Waals surface area contributed by atoms with Gasteiger partial charge in [-0.2, -0.15) is 0 Å². The fraction of sp³-hybridized carbons (Fsp3) is 0.154. The fourth-order valence-corrected chi connectivity index (χ4v) is 2.72. The smallest absolute Gasteiger partial charge is 0.176 e. The highest BCUT2D eigenvalue weighted by Crippen LogP contribution is 2.25. The van der Waals surface area contributed by atoms with Gasteiger partial charge in [-0.05, 0) is 17.0 Å². The van der Waals surface area contributed by atoms with Gasteiger partial charge in [-0.15, -0.1) is 11.3 Å². The summed E-state index contributed by atoms with van der Waals surface area (Å²) >= 11 is 7.27. The summed E-state index contributed by atoms with van der Waals surface area (Å²) in [6, 6.07) is 11.1. The first-order chi connectivity index (χ1) is 8.18. The van der Waals surface area contributed by atoms with Gasteiger partial charge in [0.25, 0.3) is 0 Å². The van der Waals surface area contributed by atoms with Crippen molar-refractivity contribution < 1.29 is 4.79 Å². The second-order valence-electron chi connectivity index (χ2n) is 3.74. The van der Waals surface area contributed by atoms with Crippen LogP contribution in [0.25, 0.3) is 0 Å². The largest absolute Gasteiger partial charge is 0.324 e. The van der Waals surface area contributed by atoms with Gasteiger partial charge < -0.3 is 5.73 Å². The highest BCUT2D eigenvalue weighted by atomic mass is 35.5. The number of carbonyl (C=O) groups is 1. The maximum atomic E-state index is 12.0. The number of rotatable bonds is 4. The van der Waals surface area contributed by atoms with E-state index in [2.05, 4.69) is 0 Å². The van der Waals surface area contributed by atoms with Crippen LogP contribution >= 0.6 is 22.9 Å². The topological polar surface area (TPSA) is 43.1 Å². The molecule has 0 spiro atoms. The number of hydrogen-bond donors (Lipinski definition) is 1. The third kappa shape index (κ3) is 2.94. The molecule has 4 heteroatoms. The number of nitrogens with two attached hydrogens (primary N) is 1. The molecule has 1 aromatic heterocycles. The standard InChI is InChI=1S/C13H12ClNOS/c14-10-6-7-17-13(10)12(16)8-11(15)9-4-2-1-3-5-9/h1-7,11H,8,15H2. The molecule has 17 heavy (non-hydrogen) atoms. The molecule has 0 fully saturated rings. The summed E-state index contributed by atoms with van der Waals surface area (Å²) in [7, 11) is 0. The molecule has 1 atom stereocenters. The molecule has 0 radical (unpaired) electrons. The molecule has 0 aliphatic heterocycles. The monoisotopic (exact) mass is 265 g/mol. The third-order valence-corrected chi connectivity index (χ3v) is 3.89. The summed E-state index contributed by atoms with van der Waals surface area (Å²) in [6.45, 7) is 0. The molecule has 1 aromatic carbocycles. The van der Waals surface area contributed by atoms with E-state index in [1.54, 1.807) is 6.07 Å². The number of thiophene rings is 1. The van der Waals surface area contributed by atoms with Crippen LogP contribution in [0.5, 0.6) is 0 Å². The Hall–Kier alpha value is -1.16. The molecule has 2 N–H and O–H groups in total. The molecule has 88 valence electrons. The minimum absolute atomic E-state index is 0.00125. The first-order valence-electron chi connectivity index (χ1n) is 5.25. The predicted molar refractivity (Wildman–Crippen MR) is 71.6 cm³/mol. The number of halogens is 1. The van der Waals surface area contributed by atoms with E-state index in [1.807, 2.05) is 35.7 Å². The average molecular weight is 266 g/mol. The van der Waals surface area contributed by atoms with E-state index in [-0.39, 0.29) is 18.2 Å². The number of hydrogen-bond acceptors (Lipinski definition) is 3. The Morgan fingerprint density at radius 1 is 1.29 bits per heavy atom. The zero-order valence-corrected chi connectivity index (χ0v) is 10.7. The quantitative estimate of drug-likeness (QED) is 0.857. The van der Waals surface area contributed by atoms with Crippen LogP contribution in [0.2, 0.25) is 5.02 Å². The van der Waals surface area contributed by atoms with Gasteiger partial charge in [0.05, 0.1) is 9.90 Å². The zero-order chi connectivity index (χ0) is 12.3. The highest BCUT2D eigenvalue weighted by molar-refractivity contribution is 7.12.